The molecule has 122 valence electrons. The number of nitrogens with one attached hydrogen (secondary N) is 1. The fourth-order valence-corrected chi connectivity index (χ4v) is 2.62. The molecule has 0 unspecified atom stereocenters. The van der Waals surface area contributed by atoms with Crippen molar-refractivity contribution in [2.45, 2.75) is 12.1 Å². The average Bonchev–Trinajstić information content (AvgIpc) is 3.01. The predicted octanol–water partition coefficient (Wildman–Crippen LogP) is 3.17. The van der Waals surface area contributed by atoms with Crippen LogP contribution in [0.25, 0.3) is 11.1 Å². The monoisotopic (exact) mass is 341 g/mol. The molecule has 0 saturated carbocycles. The van der Waals surface area contributed by atoms with Gasteiger partial charge < -0.3 is 9.52 Å². The van der Waals surface area contributed by atoms with Crippen LogP contribution in [0.3, 0.4) is 0 Å². The molecule has 6 nitrogen and oxygen atoms in total. The van der Waals surface area contributed by atoms with Gasteiger partial charge in [0, 0.05) is 0 Å². The SMILES string of the molecule is CC(=NNC(=O)CSc1nc2ccccc2o1)c1ccc(O)cc1. The highest BCUT2D eigenvalue weighted by Gasteiger charge is 2.09. The Morgan fingerprint density at radius 3 is 2.75 bits per heavy atom. The number of phenols is 1. The van der Waals surface area contributed by atoms with Crippen molar-refractivity contribution < 1.29 is 14.3 Å². The van der Waals surface area contributed by atoms with Gasteiger partial charge in [-0.25, -0.2) is 10.4 Å². The maximum atomic E-state index is 11.9. The van der Waals surface area contributed by atoms with E-state index in [1.807, 2.05) is 24.3 Å². The minimum Gasteiger partial charge on any atom is -0.508 e. The van der Waals surface area contributed by atoms with Crippen molar-refractivity contribution in [1.29, 1.82) is 0 Å². The lowest BCUT2D eigenvalue weighted by molar-refractivity contribution is -0.118. The Kier molecular flexibility index (Phi) is 4.81. The Bertz CT molecular complexity index is 854. The number of thioether (sulfide) groups is 1. The number of hydrazone groups is 1. The summed E-state index contributed by atoms with van der Waals surface area (Å²) in [6, 6.07) is 14.0. The lowest BCUT2D eigenvalue weighted by atomic mass is 10.1. The van der Waals surface area contributed by atoms with Gasteiger partial charge in [0.25, 0.3) is 11.1 Å². The number of amides is 1. The molecule has 24 heavy (non-hydrogen) atoms. The van der Waals surface area contributed by atoms with Crippen LogP contribution in [-0.4, -0.2) is 27.5 Å². The van der Waals surface area contributed by atoms with Gasteiger partial charge >= 0.3 is 0 Å². The summed E-state index contributed by atoms with van der Waals surface area (Å²) < 4.78 is 5.54. The van der Waals surface area contributed by atoms with Crippen molar-refractivity contribution in [3.05, 3.63) is 54.1 Å². The van der Waals surface area contributed by atoms with Gasteiger partial charge in [-0.3, -0.25) is 4.79 Å². The lowest BCUT2D eigenvalue weighted by Gasteiger charge is -2.02. The van der Waals surface area contributed by atoms with Gasteiger partial charge in [0.05, 0.1) is 11.5 Å². The topological polar surface area (TPSA) is 87.7 Å². The van der Waals surface area contributed by atoms with E-state index in [0.29, 0.717) is 16.5 Å². The van der Waals surface area contributed by atoms with Crippen LogP contribution in [0, 0.1) is 0 Å². The minimum absolute atomic E-state index is 0.152. The summed E-state index contributed by atoms with van der Waals surface area (Å²) in [5, 5.41) is 13.8. The summed E-state index contributed by atoms with van der Waals surface area (Å²) in [4.78, 5) is 16.2. The summed E-state index contributed by atoms with van der Waals surface area (Å²) in [6.07, 6.45) is 0. The van der Waals surface area contributed by atoms with Gasteiger partial charge in [-0.2, -0.15) is 5.10 Å². The van der Waals surface area contributed by atoms with Crippen LogP contribution in [0.5, 0.6) is 5.75 Å². The average molecular weight is 341 g/mol. The predicted molar refractivity (Wildman–Crippen MR) is 93.2 cm³/mol. The Morgan fingerprint density at radius 1 is 1.25 bits per heavy atom. The molecule has 0 aliphatic rings. The number of rotatable bonds is 5. The van der Waals surface area contributed by atoms with Gasteiger partial charge in [-0.15, -0.1) is 0 Å². The number of fused-ring (bicyclic) bond motifs is 1. The molecule has 0 spiro atoms. The van der Waals surface area contributed by atoms with E-state index < -0.39 is 0 Å². The highest BCUT2D eigenvalue weighted by atomic mass is 32.2. The second-order valence-corrected chi connectivity index (χ2v) is 5.94. The zero-order valence-corrected chi connectivity index (χ0v) is 13.7. The van der Waals surface area contributed by atoms with E-state index in [0.717, 1.165) is 11.1 Å². The van der Waals surface area contributed by atoms with Gasteiger partial charge in [0.1, 0.15) is 11.3 Å². The van der Waals surface area contributed by atoms with Crippen molar-refractivity contribution in [1.82, 2.24) is 10.4 Å². The fraction of sp³-hybridized carbons (Fsp3) is 0.118. The van der Waals surface area contributed by atoms with E-state index in [1.165, 1.54) is 11.8 Å². The number of oxazole rings is 1. The molecule has 0 saturated heterocycles. The number of para-hydroxylation sites is 2. The normalized spacial score (nSPS) is 11.6. The summed E-state index contributed by atoms with van der Waals surface area (Å²) in [6.45, 7) is 1.78. The summed E-state index contributed by atoms with van der Waals surface area (Å²) in [5.74, 6) is 0.0878. The first-order valence-corrected chi connectivity index (χ1v) is 8.21. The first-order chi connectivity index (χ1) is 11.6. The minimum atomic E-state index is -0.250. The Hall–Kier alpha value is -2.80. The molecule has 1 aromatic heterocycles. The number of carbonyl (C=O) groups excluding carboxylic acids is 1. The molecule has 2 aromatic carbocycles. The Morgan fingerprint density at radius 2 is 2.00 bits per heavy atom. The zero-order valence-electron chi connectivity index (χ0n) is 12.9. The highest BCUT2D eigenvalue weighted by molar-refractivity contribution is 7.99. The van der Waals surface area contributed by atoms with Gasteiger partial charge in [-0.1, -0.05) is 23.9 Å². The maximum Gasteiger partial charge on any atom is 0.257 e. The molecule has 1 heterocycles. The van der Waals surface area contributed by atoms with Crippen LogP contribution in [0.2, 0.25) is 0 Å². The van der Waals surface area contributed by atoms with E-state index in [4.69, 9.17) is 4.42 Å². The zero-order chi connectivity index (χ0) is 16.9. The fourth-order valence-electron chi connectivity index (χ4n) is 1.99. The molecule has 3 aromatic rings. The third-order valence-corrected chi connectivity index (χ3v) is 4.06. The molecule has 0 radical (unpaired) electrons. The maximum absolute atomic E-state index is 11.9. The molecule has 7 heteroatoms. The summed E-state index contributed by atoms with van der Waals surface area (Å²) in [5.41, 5.74) is 5.42. The second kappa shape index (κ2) is 7.18. The smallest absolute Gasteiger partial charge is 0.257 e. The molecule has 0 aliphatic carbocycles. The third kappa shape index (κ3) is 3.94. The van der Waals surface area contributed by atoms with Crippen LogP contribution < -0.4 is 5.43 Å². The van der Waals surface area contributed by atoms with Gasteiger partial charge in [0.15, 0.2) is 5.58 Å². The number of hydrogen-bond donors (Lipinski definition) is 2. The van der Waals surface area contributed by atoms with Crippen LogP contribution in [0.15, 0.2) is 63.3 Å². The molecule has 0 atom stereocenters. The van der Waals surface area contributed by atoms with Crippen molar-refractivity contribution >= 4 is 34.5 Å². The molecule has 0 bridgehead atoms. The number of phenolic OH excluding ortho intramolecular Hbond substituents is 1. The largest absolute Gasteiger partial charge is 0.508 e. The van der Waals surface area contributed by atoms with Crippen LogP contribution in [0.4, 0.5) is 0 Å². The first-order valence-electron chi connectivity index (χ1n) is 7.23. The van der Waals surface area contributed by atoms with E-state index in [2.05, 4.69) is 15.5 Å². The van der Waals surface area contributed by atoms with Crippen LogP contribution in [-0.2, 0) is 4.79 Å². The van der Waals surface area contributed by atoms with Crippen LogP contribution in [0.1, 0.15) is 12.5 Å². The molecule has 0 aliphatic heterocycles. The van der Waals surface area contributed by atoms with E-state index in [1.54, 1.807) is 31.2 Å². The number of aromatic nitrogens is 1. The summed E-state index contributed by atoms with van der Waals surface area (Å²) in [7, 11) is 0. The molecule has 3 rings (SSSR count). The van der Waals surface area contributed by atoms with Gasteiger partial charge in [0.2, 0.25) is 0 Å². The van der Waals surface area contributed by atoms with Crippen molar-refractivity contribution in [3.63, 3.8) is 0 Å². The highest BCUT2D eigenvalue weighted by Crippen LogP contribution is 2.22. The second-order valence-electron chi connectivity index (χ2n) is 5.02. The molecule has 1 amide bonds. The number of carbonyl (C=O) groups is 1. The standard InChI is InChI=1S/C17H15N3O3S/c1-11(12-6-8-13(21)9-7-12)19-20-16(22)10-24-17-18-14-4-2-3-5-15(14)23-17/h2-9,21H,10H2,1H3,(H,20,22). The van der Waals surface area contributed by atoms with E-state index >= 15 is 0 Å². The Labute approximate surface area is 142 Å². The number of hydrogen-bond acceptors (Lipinski definition) is 6. The quantitative estimate of drug-likeness (QED) is 0.423. The molecule has 0 fully saturated rings. The van der Waals surface area contributed by atoms with Gasteiger partial charge in [-0.05, 0) is 48.9 Å². The molecular weight excluding hydrogens is 326 g/mol. The van der Waals surface area contributed by atoms with E-state index in [9.17, 15) is 9.90 Å². The number of nitrogens with zero attached hydrogens (tertiary/aromatic N) is 2. The van der Waals surface area contributed by atoms with Crippen molar-refractivity contribution in [3.8, 4) is 5.75 Å². The number of aromatic hydroxyl groups is 1. The van der Waals surface area contributed by atoms with E-state index in [-0.39, 0.29) is 17.4 Å². The first kappa shape index (κ1) is 16.1. The third-order valence-electron chi connectivity index (χ3n) is 3.23. The number of benzene rings is 2. The molecule has 2 N–H and O–H groups in total. The lowest BCUT2D eigenvalue weighted by Crippen LogP contribution is -2.21. The van der Waals surface area contributed by atoms with Crippen LogP contribution >= 0.6 is 11.8 Å². The van der Waals surface area contributed by atoms with Crippen molar-refractivity contribution in [2.24, 2.45) is 5.10 Å². The van der Waals surface area contributed by atoms with Crippen molar-refractivity contribution in [2.75, 3.05) is 5.75 Å². The Balaban J connectivity index is 1.55. The molecular formula is C17H15N3O3S. The summed E-state index contributed by atoms with van der Waals surface area (Å²) >= 11 is 1.21.